The fourth-order valence-electron chi connectivity index (χ4n) is 1.65. The molecule has 1 aliphatic rings. The zero-order chi connectivity index (χ0) is 10.8. The van der Waals surface area contributed by atoms with Crippen molar-refractivity contribution in [3.8, 4) is 0 Å². The van der Waals surface area contributed by atoms with Crippen molar-refractivity contribution in [3.05, 3.63) is 18.3 Å². The van der Waals surface area contributed by atoms with Crippen LogP contribution in [-0.4, -0.2) is 40.0 Å². The lowest BCUT2D eigenvalue weighted by Gasteiger charge is -2.42. The number of hydrogen-bond donors (Lipinski definition) is 1. The van der Waals surface area contributed by atoms with Crippen LogP contribution >= 0.6 is 0 Å². The van der Waals surface area contributed by atoms with Crippen molar-refractivity contribution in [1.82, 2.24) is 14.9 Å². The average molecular weight is 210 g/mol. The largest absolute Gasteiger partial charge is 0.365 e. The molecule has 1 aromatic rings. The summed E-state index contributed by atoms with van der Waals surface area (Å²) in [6.07, 6.45) is 0.740. The molecule has 0 bridgehead atoms. The number of rotatable bonds is 3. The molecule has 2 rings (SSSR count). The number of halogens is 1. The van der Waals surface area contributed by atoms with Crippen molar-refractivity contribution < 1.29 is 4.39 Å². The van der Waals surface area contributed by atoms with Crippen molar-refractivity contribution in [2.75, 3.05) is 18.4 Å². The fraction of sp³-hybridized carbons (Fsp3) is 0.600. The number of nitrogens with zero attached hydrogens (tertiary/aromatic N) is 3. The molecule has 5 heteroatoms. The molecule has 0 unspecified atom stereocenters. The molecule has 2 heterocycles. The maximum atomic E-state index is 12.7. The number of nitrogens with one attached hydrogen (secondary N) is 1. The van der Waals surface area contributed by atoms with Gasteiger partial charge in [0.25, 0.3) is 0 Å². The Balaban J connectivity index is 1.85. The van der Waals surface area contributed by atoms with Gasteiger partial charge in [0.1, 0.15) is 5.82 Å². The third kappa shape index (κ3) is 2.41. The first kappa shape index (κ1) is 10.3. The van der Waals surface area contributed by atoms with E-state index in [4.69, 9.17) is 0 Å². The second kappa shape index (κ2) is 4.10. The molecule has 1 aliphatic heterocycles. The van der Waals surface area contributed by atoms with Crippen LogP contribution in [-0.2, 0) is 0 Å². The summed E-state index contributed by atoms with van der Waals surface area (Å²) in [6.45, 7) is 6.31. The van der Waals surface area contributed by atoms with Crippen LogP contribution in [0.25, 0.3) is 0 Å². The van der Waals surface area contributed by atoms with Crippen molar-refractivity contribution in [2.24, 2.45) is 0 Å². The van der Waals surface area contributed by atoms with E-state index in [-0.39, 0.29) is 0 Å². The molecule has 82 valence electrons. The summed E-state index contributed by atoms with van der Waals surface area (Å²) in [5.74, 6) is 0.566. The lowest BCUT2D eigenvalue weighted by molar-refractivity contribution is 0.122. The normalized spacial score (nSPS) is 17.9. The lowest BCUT2D eigenvalue weighted by atomic mass is 10.1. The van der Waals surface area contributed by atoms with E-state index in [1.54, 1.807) is 6.07 Å². The van der Waals surface area contributed by atoms with Gasteiger partial charge in [-0.3, -0.25) is 4.90 Å². The summed E-state index contributed by atoms with van der Waals surface area (Å²) >= 11 is 0. The Labute approximate surface area is 88.5 Å². The Bertz CT molecular complexity index is 336. The highest BCUT2D eigenvalue weighted by molar-refractivity contribution is 5.34. The third-order valence-electron chi connectivity index (χ3n) is 2.62. The molecule has 0 aliphatic carbocycles. The molecule has 0 saturated carbocycles. The topological polar surface area (TPSA) is 41.0 Å². The van der Waals surface area contributed by atoms with Gasteiger partial charge >= 0.3 is 6.08 Å². The Hall–Kier alpha value is -1.23. The minimum Gasteiger partial charge on any atom is -0.365 e. The van der Waals surface area contributed by atoms with E-state index < -0.39 is 6.08 Å². The Morgan fingerprint density at radius 3 is 2.87 bits per heavy atom. The van der Waals surface area contributed by atoms with Crippen LogP contribution in [0, 0.1) is 6.08 Å². The van der Waals surface area contributed by atoms with Gasteiger partial charge in [-0.15, -0.1) is 0 Å². The second-order valence-electron chi connectivity index (χ2n) is 4.10. The SMILES string of the molecule is CC(C)N1CC(Nc2ccnc(F)n2)C1. The lowest BCUT2D eigenvalue weighted by Crippen LogP contribution is -2.57. The smallest absolute Gasteiger partial charge is 0.310 e. The van der Waals surface area contributed by atoms with Crippen molar-refractivity contribution in [2.45, 2.75) is 25.9 Å². The summed E-state index contributed by atoms with van der Waals surface area (Å²) in [7, 11) is 0. The molecular formula is C10H15FN4. The van der Waals surface area contributed by atoms with Crippen LogP contribution in [0.4, 0.5) is 10.2 Å². The molecule has 1 saturated heterocycles. The van der Waals surface area contributed by atoms with Gasteiger partial charge in [-0.05, 0) is 19.9 Å². The number of likely N-dealkylation sites (tertiary alicyclic amines) is 1. The fourth-order valence-corrected chi connectivity index (χ4v) is 1.65. The van der Waals surface area contributed by atoms with E-state index in [2.05, 4.69) is 34.0 Å². The predicted molar refractivity (Wildman–Crippen MR) is 56.1 cm³/mol. The van der Waals surface area contributed by atoms with Crippen molar-refractivity contribution in [1.29, 1.82) is 0 Å². The number of hydrogen-bond acceptors (Lipinski definition) is 4. The average Bonchev–Trinajstić information content (AvgIpc) is 2.10. The van der Waals surface area contributed by atoms with E-state index in [0.29, 0.717) is 17.9 Å². The Morgan fingerprint density at radius 2 is 2.27 bits per heavy atom. The van der Waals surface area contributed by atoms with Gasteiger partial charge < -0.3 is 5.32 Å². The summed E-state index contributed by atoms with van der Waals surface area (Å²) in [5, 5.41) is 3.17. The van der Waals surface area contributed by atoms with Crippen LogP contribution in [0.2, 0.25) is 0 Å². The van der Waals surface area contributed by atoms with E-state index in [9.17, 15) is 4.39 Å². The number of anilines is 1. The minimum absolute atomic E-state index is 0.377. The first-order chi connectivity index (χ1) is 7.15. The van der Waals surface area contributed by atoms with E-state index >= 15 is 0 Å². The van der Waals surface area contributed by atoms with Crippen LogP contribution < -0.4 is 5.32 Å². The maximum absolute atomic E-state index is 12.7. The molecule has 0 spiro atoms. The standard InChI is InChI=1S/C10H15FN4/c1-7(2)15-5-8(6-15)13-9-3-4-12-10(11)14-9/h3-4,7-8H,5-6H2,1-2H3,(H,12,13,14). The van der Waals surface area contributed by atoms with E-state index in [1.165, 1.54) is 6.20 Å². The van der Waals surface area contributed by atoms with Gasteiger partial charge in [-0.1, -0.05) is 0 Å². The molecule has 1 aromatic heterocycles. The molecule has 4 nitrogen and oxygen atoms in total. The molecule has 1 fully saturated rings. The van der Waals surface area contributed by atoms with Gasteiger partial charge in [-0.25, -0.2) is 4.98 Å². The number of aromatic nitrogens is 2. The van der Waals surface area contributed by atoms with Crippen molar-refractivity contribution >= 4 is 5.82 Å². The summed E-state index contributed by atoms with van der Waals surface area (Å²) in [6, 6.07) is 2.63. The quantitative estimate of drug-likeness (QED) is 0.759. The van der Waals surface area contributed by atoms with Gasteiger partial charge in [0, 0.05) is 25.3 Å². The van der Waals surface area contributed by atoms with Crippen LogP contribution in [0.15, 0.2) is 12.3 Å². The van der Waals surface area contributed by atoms with Gasteiger partial charge in [0.15, 0.2) is 0 Å². The molecule has 0 atom stereocenters. The first-order valence-corrected chi connectivity index (χ1v) is 5.14. The van der Waals surface area contributed by atoms with E-state index in [1.807, 2.05) is 0 Å². The van der Waals surface area contributed by atoms with Crippen molar-refractivity contribution in [3.63, 3.8) is 0 Å². The Kier molecular flexibility index (Phi) is 2.81. The zero-order valence-electron chi connectivity index (χ0n) is 8.94. The molecule has 0 aromatic carbocycles. The highest BCUT2D eigenvalue weighted by Gasteiger charge is 2.28. The van der Waals surface area contributed by atoms with Crippen LogP contribution in [0.3, 0.4) is 0 Å². The highest BCUT2D eigenvalue weighted by atomic mass is 19.1. The van der Waals surface area contributed by atoms with Gasteiger partial charge in [0.2, 0.25) is 0 Å². The van der Waals surface area contributed by atoms with E-state index in [0.717, 1.165) is 13.1 Å². The van der Waals surface area contributed by atoms with Gasteiger partial charge in [0.05, 0.1) is 6.04 Å². The summed E-state index contributed by atoms with van der Waals surface area (Å²) in [5.41, 5.74) is 0. The summed E-state index contributed by atoms with van der Waals surface area (Å²) < 4.78 is 12.7. The minimum atomic E-state index is -0.681. The van der Waals surface area contributed by atoms with Gasteiger partial charge in [-0.2, -0.15) is 9.37 Å². The third-order valence-corrected chi connectivity index (χ3v) is 2.62. The zero-order valence-corrected chi connectivity index (χ0v) is 8.94. The first-order valence-electron chi connectivity index (χ1n) is 5.14. The molecule has 1 N–H and O–H groups in total. The Morgan fingerprint density at radius 1 is 1.53 bits per heavy atom. The molecule has 0 radical (unpaired) electrons. The van der Waals surface area contributed by atoms with Crippen LogP contribution in [0.1, 0.15) is 13.8 Å². The molecule has 15 heavy (non-hydrogen) atoms. The maximum Gasteiger partial charge on any atom is 0.310 e. The second-order valence-corrected chi connectivity index (χ2v) is 4.10. The van der Waals surface area contributed by atoms with Crippen LogP contribution in [0.5, 0.6) is 0 Å². The molecular weight excluding hydrogens is 195 g/mol. The highest BCUT2D eigenvalue weighted by Crippen LogP contribution is 2.15. The molecule has 0 amide bonds. The summed E-state index contributed by atoms with van der Waals surface area (Å²) in [4.78, 5) is 9.41. The predicted octanol–water partition coefficient (Wildman–Crippen LogP) is 1.12. The monoisotopic (exact) mass is 210 g/mol.